The van der Waals surface area contributed by atoms with Gasteiger partial charge in [-0.25, -0.2) is 9.37 Å². The van der Waals surface area contributed by atoms with Crippen LogP contribution in [0.1, 0.15) is 43.5 Å². The molecule has 1 amide bonds. The molecule has 0 atom stereocenters. The van der Waals surface area contributed by atoms with E-state index in [1.807, 2.05) is 24.3 Å². The van der Waals surface area contributed by atoms with E-state index < -0.39 is 5.41 Å². The van der Waals surface area contributed by atoms with Crippen LogP contribution in [0.2, 0.25) is 0 Å². The van der Waals surface area contributed by atoms with E-state index in [1.54, 1.807) is 12.1 Å². The van der Waals surface area contributed by atoms with E-state index in [2.05, 4.69) is 15.3 Å². The van der Waals surface area contributed by atoms with Gasteiger partial charge in [0.25, 0.3) is 0 Å². The molecular weight excluding hydrogens is 341 g/mol. The number of carbonyl (C=O) groups excluding carboxylic acids is 1. The highest BCUT2D eigenvalue weighted by atomic mass is 19.1. The van der Waals surface area contributed by atoms with E-state index in [0.29, 0.717) is 6.54 Å². The quantitative estimate of drug-likeness (QED) is 0.641. The highest BCUT2D eigenvalue weighted by Gasteiger charge is 2.42. The zero-order chi connectivity index (χ0) is 18.7. The van der Waals surface area contributed by atoms with Crippen molar-refractivity contribution in [2.45, 2.75) is 43.9 Å². The molecule has 1 aromatic heterocycles. The molecule has 27 heavy (non-hydrogen) atoms. The molecule has 1 aliphatic rings. The Morgan fingerprint density at radius 3 is 2.59 bits per heavy atom. The van der Waals surface area contributed by atoms with Gasteiger partial charge < -0.3 is 10.3 Å². The van der Waals surface area contributed by atoms with Gasteiger partial charge in [0.2, 0.25) is 5.91 Å². The number of aromatic amines is 1. The van der Waals surface area contributed by atoms with Crippen molar-refractivity contribution in [1.82, 2.24) is 15.3 Å². The third-order valence-electron chi connectivity index (χ3n) is 5.60. The molecule has 140 valence electrons. The number of rotatable bonds is 6. The number of aryl methyl sites for hydroxylation is 1. The standard InChI is InChI=1S/C22H24FN3O/c23-17-11-9-16(10-12-17)22(13-3-4-14-22)21(27)24-15-5-8-20-25-18-6-1-2-7-19(18)26-20/h1-2,6-7,9-12H,3-5,8,13-15H2,(H,24,27)(H,25,26). The zero-order valence-corrected chi connectivity index (χ0v) is 15.3. The van der Waals surface area contributed by atoms with Crippen LogP contribution < -0.4 is 5.32 Å². The number of nitrogens with one attached hydrogen (secondary N) is 2. The summed E-state index contributed by atoms with van der Waals surface area (Å²) in [6, 6.07) is 14.4. The highest BCUT2D eigenvalue weighted by molar-refractivity contribution is 5.88. The molecule has 4 nitrogen and oxygen atoms in total. The molecule has 2 aromatic carbocycles. The number of halogens is 1. The SMILES string of the molecule is O=C(NCCCc1nc2ccccc2[nH]1)C1(c2ccc(F)cc2)CCCC1. The van der Waals surface area contributed by atoms with Crippen molar-refractivity contribution < 1.29 is 9.18 Å². The summed E-state index contributed by atoms with van der Waals surface area (Å²) in [7, 11) is 0. The molecule has 0 bridgehead atoms. The number of amides is 1. The molecule has 1 aliphatic carbocycles. The topological polar surface area (TPSA) is 57.8 Å². The number of fused-ring (bicyclic) bond motifs is 1. The maximum atomic E-state index is 13.3. The predicted molar refractivity (Wildman–Crippen MR) is 104 cm³/mol. The van der Waals surface area contributed by atoms with Crippen molar-refractivity contribution >= 4 is 16.9 Å². The first-order chi connectivity index (χ1) is 13.2. The van der Waals surface area contributed by atoms with Crippen LogP contribution >= 0.6 is 0 Å². The average molecular weight is 365 g/mol. The molecule has 0 unspecified atom stereocenters. The fourth-order valence-corrected chi connectivity index (χ4v) is 4.15. The Morgan fingerprint density at radius 2 is 1.85 bits per heavy atom. The van der Waals surface area contributed by atoms with E-state index in [4.69, 9.17) is 0 Å². The van der Waals surface area contributed by atoms with E-state index in [0.717, 1.165) is 60.9 Å². The minimum absolute atomic E-state index is 0.0659. The maximum Gasteiger partial charge on any atom is 0.230 e. The molecule has 1 saturated carbocycles. The molecule has 0 aliphatic heterocycles. The molecule has 0 saturated heterocycles. The summed E-state index contributed by atoms with van der Waals surface area (Å²) < 4.78 is 13.3. The summed E-state index contributed by atoms with van der Waals surface area (Å²) in [6.07, 6.45) is 5.33. The second-order valence-corrected chi connectivity index (χ2v) is 7.36. The molecule has 2 N–H and O–H groups in total. The van der Waals surface area contributed by atoms with Crippen LogP contribution in [0.25, 0.3) is 11.0 Å². The van der Waals surface area contributed by atoms with Gasteiger partial charge in [0.05, 0.1) is 16.4 Å². The number of hydrogen-bond acceptors (Lipinski definition) is 2. The van der Waals surface area contributed by atoms with Crippen molar-refractivity contribution in [2.24, 2.45) is 0 Å². The van der Waals surface area contributed by atoms with Crippen molar-refractivity contribution in [1.29, 1.82) is 0 Å². The molecule has 0 radical (unpaired) electrons. The Bertz CT molecular complexity index is 893. The second-order valence-electron chi connectivity index (χ2n) is 7.36. The van der Waals surface area contributed by atoms with Gasteiger partial charge in [-0.2, -0.15) is 0 Å². The van der Waals surface area contributed by atoms with Gasteiger partial charge in [-0.1, -0.05) is 37.1 Å². The van der Waals surface area contributed by atoms with Gasteiger partial charge in [0, 0.05) is 13.0 Å². The molecular formula is C22H24FN3O. The summed E-state index contributed by atoms with van der Waals surface area (Å²) in [5, 5.41) is 3.11. The number of nitrogens with zero attached hydrogens (tertiary/aromatic N) is 1. The van der Waals surface area contributed by atoms with Crippen LogP contribution in [0.4, 0.5) is 4.39 Å². The Morgan fingerprint density at radius 1 is 1.11 bits per heavy atom. The average Bonchev–Trinajstić information content (AvgIpc) is 3.33. The van der Waals surface area contributed by atoms with Crippen LogP contribution in [0.5, 0.6) is 0 Å². The number of H-pyrrole nitrogens is 1. The summed E-state index contributed by atoms with van der Waals surface area (Å²) in [5.41, 5.74) is 2.43. The maximum absolute atomic E-state index is 13.3. The Hall–Kier alpha value is -2.69. The van der Waals surface area contributed by atoms with Crippen molar-refractivity contribution in [3.8, 4) is 0 Å². The van der Waals surface area contributed by atoms with Crippen LogP contribution in [-0.4, -0.2) is 22.4 Å². The van der Waals surface area contributed by atoms with Gasteiger partial charge in [-0.15, -0.1) is 0 Å². The van der Waals surface area contributed by atoms with Gasteiger partial charge >= 0.3 is 0 Å². The lowest BCUT2D eigenvalue weighted by Crippen LogP contribution is -2.43. The highest BCUT2D eigenvalue weighted by Crippen LogP contribution is 2.41. The van der Waals surface area contributed by atoms with Gasteiger partial charge in [-0.3, -0.25) is 4.79 Å². The molecule has 5 heteroatoms. The van der Waals surface area contributed by atoms with Crippen LogP contribution in [0.15, 0.2) is 48.5 Å². The van der Waals surface area contributed by atoms with Crippen molar-refractivity contribution in [2.75, 3.05) is 6.54 Å². The lowest BCUT2D eigenvalue weighted by molar-refractivity contribution is -0.126. The Labute approximate surface area is 158 Å². The number of carbonyl (C=O) groups is 1. The summed E-state index contributed by atoms with van der Waals surface area (Å²) >= 11 is 0. The fraction of sp³-hybridized carbons (Fsp3) is 0.364. The second kappa shape index (κ2) is 7.51. The predicted octanol–water partition coefficient (Wildman–Crippen LogP) is 4.26. The first kappa shape index (κ1) is 17.7. The largest absolute Gasteiger partial charge is 0.355 e. The van der Waals surface area contributed by atoms with Gasteiger partial charge in [-0.05, 0) is 49.1 Å². The summed E-state index contributed by atoms with van der Waals surface area (Å²) in [4.78, 5) is 20.9. The summed E-state index contributed by atoms with van der Waals surface area (Å²) in [5.74, 6) is 0.744. The molecule has 3 aromatic rings. The van der Waals surface area contributed by atoms with Gasteiger partial charge in [0.15, 0.2) is 0 Å². The first-order valence-corrected chi connectivity index (χ1v) is 9.65. The number of aromatic nitrogens is 2. The number of para-hydroxylation sites is 2. The van der Waals surface area contributed by atoms with Crippen LogP contribution in [0.3, 0.4) is 0 Å². The number of hydrogen-bond donors (Lipinski definition) is 2. The fourth-order valence-electron chi connectivity index (χ4n) is 4.15. The van der Waals surface area contributed by atoms with E-state index >= 15 is 0 Å². The normalized spacial score (nSPS) is 15.9. The third-order valence-corrected chi connectivity index (χ3v) is 5.60. The Kier molecular flexibility index (Phi) is 4.92. The number of benzene rings is 2. The van der Waals surface area contributed by atoms with E-state index in [1.165, 1.54) is 12.1 Å². The lowest BCUT2D eigenvalue weighted by Gasteiger charge is -2.28. The molecule has 1 fully saturated rings. The third kappa shape index (κ3) is 3.59. The smallest absolute Gasteiger partial charge is 0.230 e. The minimum Gasteiger partial charge on any atom is -0.355 e. The Balaban J connectivity index is 1.36. The molecule has 0 spiro atoms. The molecule has 4 rings (SSSR count). The van der Waals surface area contributed by atoms with E-state index in [9.17, 15) is 9.18 Å². The minimum atomic E-state index is -0.507. The van der Waals surface area contributed by atoms with Gasteiger partial charge in [0.1, 0.15) is 11.6 Å². The van der Waals surface area contributed by atoms with Crippen molar-refractivity contribution in [3.63, 3.8) is 0 Å². The first-order valence-electron chi connectivity index (χ1n) is 9.65. The van der Waals surface area contributed by atoms with E-state index in [-0.39, 0.29) is 11.7 Å². The van der Waals surface area contributed by atoms with Crippen LogP contribution in [-0.2, 0) is 16.6 Å². The monoisotopic (exact) mass is 365 g/mol. The van der Waals surface area contributed by atoms with Crippen molar-refractivity contribution in [3.05, 3.63) is 65.7 Å². The number of imidazole rings is 1. The zero-order valence-electron chi connectivity index (χ0n) is 15.3. The lowest BCUT2D eigenvalue weighted by atomic mass is 9.78. The van der Waals surface area contributed by atoms with Crippen LogP contribution in [0, 0.1) is 5.82 Å². The summed E-state index contributed by atoms with van der Waals surface area (Å²) in [6.45, 7) is 0.610. The molecule has 1 heterocycles.